The molecule has 1 amide bonds. The Morgan fingerprint density at radius 3 is 2.29 bits per heavy atom. The number of amides is 1. The van der Waals surface area contributed by atoms with E-state index in [-0.39, 0.29) is 6.61 Å². The van der Waals surface area contributed by atoms with E-state index in [4.69, 9.17) is 9.47 Å². The van der Waals surface area contributed by atoms with E-state index in [9.17, 15) is 15.0 Å². The molecule has 1 aromatic carbocycles. The molecule has 0 heterocycles. The summed E-state index contributed by atoms with van der Waals surface area (Å²) in [5.74, 6) is 0.741. The first kappa shape index (κ1) is 20.3. The van der Waals surface area contributed by atoms with Gasteiger partial charge in [-0.05, 0) is 51.8 Å². The van der Waals surface area contributed by atoms with Gasteiger partial charge in [-0.25, -0.2) is 4.79 Å². The summed E-state index contributed by atoms with van der Waals surface area (Å²) in [5, 5.41) is 19.1. The lowest BCUT2D eigenvalue weighted by Gasteiger charge is -2.39. The molecule has 0 bridgehead atoms. The molecule has 6 heteroatoms. The van der Waals surface area contributed by atoms with Gasteiger partial charge in [-0.1, -0.05) is 12.1 Å². The average molecular weight is 339 g/mol. The van der Waals surface area contributed by atoms with E-state index in [0.29, 0.717) is 26.2 Å². The predicted molar refractivity (Wildman–Crippen MR) is 92.6 cm³/mol. The third-order valence-electron chi connectivity index (χ3n) is 3.60. The molecule has 0 spiro atoms. The number of ether oxygens (including phenoxy) is 2. The maximum atomic E-state index is 11.5. The van der Waals surface area contributed by atoms with Crippen molar-refractivity contribution in [2.45, 2.75) is 45.7 Å². The SMILES string of the molecule is CCOCCOc1ccc(C[C@@H](CO)N(C(=O)O)C(C)(C)C)cc1. The van der Waals surface area contributed by atoms with Gasteiger partial charge in [0.25, 0.3) is 0 Å². The van der Waals surface area contributed by atoms with Crippen molar-refractivity contribution >= 4 is 6.09 Å². The van der Waals surface area contributed by atoms with E-state index in [0.717, 1.165) is 11.3 Å². The van der Waals surface area contributed by atoms with Gasteiger partial charge in [0.05, 0.1) is 19.3 Å². The Labute approximate surface area is 144 Å². The molecule has 0 radical (unpaired) electrons. The van der Waals surface area contributed by atoms with Crippen molar-refractivity contribution in [3.63, 3.8) is 0 Å². The first-order valence-electron chi connectivity index (χ1n) is 8.22. The third-order valence-corrected chi connectivity index (χ3v) is 3.60. The van der Waals surface area contributed by atoms with E-state index >= 15 is 0 Å². The van der Waals surface area contributed by atoms with Gasteiger partial charge in [0.1, 0.15) is 12.4 Å². The lowest BCUT2D eigenvalue weighted by Crippen LogP contribution is -2.53. The van der Waals surface area contributed by atoms with Crippen LogP contribution in [0.3, 0.4) is 0 Å². The molecule has 1 atom stereocenters. The number of aliphatic hydroxyl groups excluding tert-OH is 1. The first-order valence-corrected chi connectivity index (χ1v) is 8.22. The Bertz CT molecular complexity index is 495. The van der Waals surface area contributed by atoms with Crippen LogP contribution >= 0.6 is 0 Å². The molecule has 0 aromatic heterocycles. The molecule has 24 heavy (non-hydrogen) atoms. The molecule has 0 fully saturated rings. The summed E-state index contributed by atoms with van der Waals surface area (Å²) >= 11 is 0. The minimum absolute atomic E-state index is 0.226. The molecule has 1 rings (SSSR count). The summed E-state index contributed by atoms with van der Waals surface area (Å²) < 4.78 is 10.8. The third kappa shape index (κ3) is 6.37. The zero-order chi connectivity index (χ0) is 18.2. The molecule has 0 unspecified atom stereocenters. The fraction of sp³-hybridized carbons (Fsp3) is 0.611. The summed E-state index contributed by atoms with van der Waals surface area (Å²) in [5.41, 5.74) is 0.364. The van der Waals surface area contributed by atoms with Crippen LogP contribution in [-0.2, 0) is 11.2 Å². The van der Waals surface area contributed by atoms with Crippen molar-refractivity contribution in [1.82, 2.24) is 4.90 Å². The molecular formula is C18H29NO5. The van der Waals surface area contributed by atoms with Crippen molar-refractivity contribution in [2.75, 3.05) is 26.4 Å². The maximum Gasteiger partial charge on any atom is 0.408 e. The fourth-order valence-electron chi connectivity index (χ4n) is 2.58. The van der Waals surface area contributed by atoms with Crippen LogP contribution in [0.15, 0.2) is 24.3 Å². The molecule has 0 aliphatic rings. The highest BCUT2D eigenvalue weighted by molar-refractivity contribution is 5.66. The van der Waals surface area contributed by atoms with Gasteiger partial charge in [-0.3, -0.25) is 4.90 Å². The van der Waals surface area contributed by atoms with E-state index in [2.05, 4.69) is 0 Å². The molecule has 6 nitrogen and oxygen atoms in total. The monoisotopic (exact) mass is 339 g/mol. The zero-order valence-electron chi connectivity index (χ0n) is 15.0. The summed E-state index contributed by atoms with van der Waals surface area (Å²) in [4.78, 5) is 12.9. The van der Waals surface area contributed by atoms with Crippen molar-refractivity contribution in [3.8, 4) is 5.75 Å². The molecule has 0 aliphatic heterocycles. The van der Waals surface area contributed by atoms with Crippen LogP contribution in [-0.4, -0.2) is 59.2 Å². The molecule has 0 aliphatic carbocycles. The van der Waals surface area contributed by atoms with Crippen molar-refractivity contribution < 1.29 is 24.5 Å². The fourth-order valence-corrected chi connectivity index (χ4v) is 2.58. The summed E-state index contributed by atoms with van der Waals surface area (Å²) in [6.45, 7) is 8.86. The smallest absolute Gasteiger partial charge is 0.408 e. The standard InChI is InChI=1S/C18H29NO5/c1-5-23-10-11-24-16-8-6-14(7-9-16)12-15(13-20)19(17(21)22)18(2,3)4/h6-9,15,20H,5,10-13H2,1-4H3,(H,21,22)/t15-/m0/s1. The minimum atomic E-state index is -1.03. The largest absolute Gasteiger partial charge is 0.491 e. The number of hydrogen-bond donors (Lipinski definition) is 2. The molecular weight excluding hydrogens is 310 g/mol. The lowest BCUT2D eigenvalue weighted by molar-refractivity contribution is 0.0465. The number of aliphatic hydroxyl groups is 1. The van der Waals surface area contributed by atoms with E-state index < -0.39 is 17.7 Å². The normalized spacial score (nSPS) is 12.7. The van der Waals surface area contributed by atoms with Crippen molar-refractivity contribution in [1.29, 1.82) is 0 Å². The maximum absolute atomic E-state index is 11.5. The van der Waals surface area contributed by atoms with Crippen LogP contribution < -0.4 is 4.74 Å². The van der Waals surface area contributed by atoms with Gasteiger partial charge in [-0.15, -0.1) is 0 Å². The van der Waals surface area contributed by atoms with Gasteiger partial charge in [0.15, 0.2) is 0 Å². The van der Waals surface area contributed by atoms with Gasteiger partial charge in [0, 0.05) is 12.1 Å². The molecule has 136 valence electrons. The highest BCUT2D eigenvalue weighted by atomic mass is 16.5. The Morgan fingerprint density at radius 1 is 1.21 bits per heavy atom. The highest BCUT2D eigenvalue weighted by Gasteiger charge is 2.32. The number of hydrogen-bond acceptors (Lipinski definition) is 4. The van der Waals surface area contributed by atoms with Crippen LogP contribution in [0.1, 0.15) is 33.3 Å². The quantitative estimate of drug-likeness (QED) is 0.676. The Morgan fingerprint density at radius 2 is 1.83 bits per heavy atom. The van der Waals surface area contributed by atoms with Crippen LogP contribution in [0.2, 0.25) is 0 Å². The topological polar surface area (TPSA) is 79.2 Å². The second-order valence-electron chi connectivity index (χ2n) is 6.55. The number of nitrogens with zero attached hydrogens (tertiary/aromatic N) is 1. The van der Waals surface area contributed by atoms with Gasteiger partial charge < -0.3 is 19.7 Å². The Kier molecular flexibility index (Phi) is 8.01. The van der Waals surface area contributed by atoms with Crippen LogP contribution in [0.25, 0.3) is 0 Å². The van der Waals surface area contributed by atoms with E-state index in [1.807, 2.05) is 52.0 Å². The van der Waals surface area contributed by atoms with Gasteiger partial charge >= 0.3 is 6.09 Å². The van der Waals surface area contributed by atoms with E-state index in [1.54, 1.807) is 0 Å². The lowest BCUT2D eigenvalue weighted by atomic mass is 9.99. The molecule has 1 aromatic rings. The Balaban J connectivity index is 2.70. The number of benzene rings is 1. The number of carboxylic acid groups (broad SMARTS) is 1. The minimum Gasteiger partial charge on any atom is -0.491 e. The van der Waals surface area contributed by atoms with E-state index in [1.165, 1.54) is 4.90 Å². The summed E-state index contributed by atoms with van der Waals surface area (Å²) in [6.07, 6.45) is -0.586. The highest BCUT2D eigenvalue weighted by Crippen LogP contribution is 2.21. The second kappa shape index (κ2) is 9.49. The van der Waals surface area contributed by atoms with Crippen LogP contribution in [0.5, 0.6) is 5.75 Å². The van der Waals surface area contributed by atoms with Crippen LogP contribution in [0, 0.1) is 0 Å². The number of carbonyl (C=O) groups is 1. The summed E-state index contributed by atoms with van der Waals surface area (Å²) in [7, 11) is 0. The number of rotatable bonds is 9. The van der Waals surface area contributed by atoms with Crippen LogP contribution in [0.4, 0.5) is 4.79 Å². The first-order chi connectivity index (χ1) is 11.3. The average Bonchev–Trinajstić information content (AvgIpc) is 2.50. The molecule has 2 N–H and O–H groups in total. The summed E-state index contributed by atoms with van der Waals surface area (Å²) in [6, 6.07) is 6.98. The Hall–Kier alpha value is -1.79. The second-order valence-corrected chi connectivity index (χ2v) is 6.55. The van der Waals surface area contributed by atoms with Crippen molar-refractivity contribution in [2.24, 2.45) is 0 Å². The van der Waals surface area contributed by atoms with Gasteiger partial charge in [-0.2, -0.15) is 0 Å². The van der Waals surface area contributed by atoms with Crippen molar-refractivity contribution in [3.05, 3.63) is 29.8 Å². The molecule has 0 saturated carbocycles. The van der Waals surface area contributed by atoms with Gasteiger partial charge in [0.2, 0.25) is 0 Å². The predicted octanol–water partition coefficient (Wildman–Crippen LogP) is 2.78. The zero-order valence-corrected chi connectivity index (χ0v) is 15.0. The molecule has 0 saturated heterocycles.